The molecule has 28 heavy (non-hydrogen) atoms. The number of rotatable bonds is 4. The molecular formula is C23H30N4O. The third-order valence-electron chi connectivity index (χ3n) is 6.15. The Morgan fingerprint density at radius 2 is 1.68 bits per heavy atom. The van der Waals surface area contributed by atoms with Crippen molar-refractivity contribution in [3.63, 3.8) is 0 Å². The third kappa shape index (κ3) is 3.89. The van der Waals surface area contributed by atoms with Gasteiger partial charge in [0.1, 0.15) is 11.6 Å². The standard InChI is InChI=1S/C23H30N4O/c1-16-7-9-19(10-8-16)15-21-17(2)24-18(3)25-22(21)26-11-13-27(14-12-26)23(28)20-5-4-6-20/h7-10,20H,4-6,11-15H2,1-3H3. The summed E-state index contributed by atoms with van der Waals surface area (Å²) in [5, 5.41) is 0. The van der Waals surface area contributed by atoms with Crippen molar-refractivity contribution in [2.45, 2.75) is 46.5 Å². The molecule has 2 heterocycles. The van der Waals surface area contributed by atoms with Crippen LogP contribution in [0.15, 0.2) is 24.3 Å². The first-order valence-corrected chi connectivity index (χ1v) is 10.4. The number of aromatic nitrogens is 2. The minimum absolute atomic E-state index is 0.284. The zero-order valence-electron chi connectivity index (χ0n) is 17.2. The van der Waals surface area contributed by atoms with Crippen LogP contribution < -0.4 is 4.90 Å². The zero-order valence-corrected chi connectivity index (χ0v) is 17.2. The quantitative estimate of drug-likeness (QED) is 0.818. The van der Waals surface area contributed by atoms with Crippen molar-refractivity contribution in [1.29, 1.82) is 0 Å². The number of hydrogen-bond acceptors (Lipinski definition) is 4. The molecule has 4 rings (SSSR count). The maximum atomic E-state index is 12.5. The fourth-order valence-corrected chi connectivity index (χ4v) is 4.15. The molecule has 5 nitrogen and oxygen atoms in total. The van der Waals surface area contributed by atoms with E-state index in [1.807, 2.05) is 6.92 Å². The summed E-state index contributed by atoms with van der Waals surface area (Å²) >= 11 is 0. The van der Waals surface area contributed by atoms with E-state index in [0.717, 1.165) is 62.8 Å². The van der Waals surface area contributed by atoms with Gasteiger partial charge >= 0.3 is 0 Å². The van der Waals surface area contributed by atoms with Gasteiger partial charge < -0.3 is 9.80 Å². The molecule has 1 aromatic heterocycles. The highest BCUT2D eigenvalue weighted by Crippen LogP contribution is 2.30. The van der Waals surface area contributed by atoms with E-state index in [-0.39, 0.29) is 5.92 Å². The average Bonchev–Trinajstić information content (AvgIpc) is 2.64. The number of piperazine rings is 1. The summed E-state index contributed by atoms with van der Waals surface area (Å²) in [6, 6.07) is 8.69. The van der Waals surface area contributed by atoms with E-state index in [4.69, 9.17) is 4.98 Å². The number of carbonyl (C=O) groups is 1. The van der Waals surface area contributed by atoms with Crippen LogP contribution in [-0.4, -0.2) is 47.0 Å². The summed E-state index contributed by atoms with van der Waals surface area (Å²) in [5.41, 5.74) is 4.80. The van der Waals surface area contributed by atoms with Crippen LogP contribution in [0, 0.1) is 26.7 Å². The van der Waals surface area contributed by atoms with Gasteiger partial charge in [-0.2, -0.15) is 0 Å². The number of benzene rings is 1. The molecule has 0 unspecified atom stereocenters. The van der Waals surface area contributed by atoms with Crippen molar-refractivity contribution in [1.82, 2.24) is 14.9 Å². The lowest BCUT2D eigenvalue weighted by atomic mass is 9.84. The van der Waals surface area contributed by atoms with E-state index in [2.05, 4.69) is 52.9 Å². The Hall–Kier alpha value is -2.43. The van der Waals surface area contributed by atoms with Gasteiger partial charge in [-0.05, 0) is 39.2 Å². The van der Waals surface area contributed by atoms with Crippen LogP contribution >= 0.6 is 0 Å². The Morgan fingerprint density at radius 1 is 1.00 bits per heavy atom. The Bertz CT molecular complexity index is 850. The first-order valence-electron chi connectivity index (χ1n) is 10.4. The molecule has 2 aliphatic rings. The molecule has 0 bridgehead atoms. The maximum absolute atomic E-state index is 12.5. The first kappa shape index (κ1) is 18.9. The van der Waals surface area contributed by atoms with Crippen molar-refractivity contribution >= 4 is 11.7 Å². The Balaban J connectivity index is 1.52. The van der Waals surface area contributed by atoms with Crippen LogP contribution in [0.4, 0.5) is 5.82 Å². The normalized spacial score (nSPS) is 17.5. The number of hydrogen-bond donors (Lipinski definition) is 0. The Labute approximate surface area is 167 Å². The van der Waals surface area contributed by atoms with Gasteiger partial charge in [0.15, 0.2) is 0 Å². The zero-order chi connectivity index (χ0) is 19.7. The van der Waals surface area contributed by atoms with Gasteiger partial charge in [0.25, 0.3) is 0 Å². The number of nitrogens with zero attached hydrogens (tertiary/aromatic N) is 4. The molecule has 1 aromatic carbocycles. The van der Waals surface area contributed by atoms with Crippen LogP contribution in [0.25, 0.3) is 0 Å². The number of anilines is 1. The summed E-state index contributed by atoms with van der Waals surface area (Å²) < 4.78 is 0. The highest BCUT2D eigenvalue weighted by atomic mass is 16.2. The smallest absolute Gasteiger partial charge is 0.225 e. The lowest BCUT2D eigenvalue weighted by Gasteiger charge is -2.39. The SMILES string of the molecule is Cc1ccc(Cc2c(C)nc(C)nc2N2CCN(C(=O)C3CCC3)CC2)cc1. The molecule has 0 N–H and O–H groups in total. The molecule has 1 aliphatic carbocycles. The molecule has 1 saturated heterocycles. The van der Waals surface area contributed by atoms with Crippen molar-refractivity contribution in [3.05, 3.63) is 52.5 Å². The van der Waals surface area contributed by atoms with Gasteiger partial charge in [-0.15, -0.1) is 0 Å². The molecule has 2 fully saturated rings. The largest absolute Gasteiger partial charge is 0.353 e. The van der Waals surface area contributed by atoms with E-state index in [1.165, 1.54) is 23.1 Å². The van der Waals surface area contributed by atoms with Crippen LogP contribution in [0.2, 0.25) is 0 Å². The molecule has 1 aliphatic heterocycles. The number of carbonyl (C=O) groups excluding carboxylic acids is 1. The Morgan fingerprint density at radius 3 is 2.29 bits per heavy atom. The van der Waals surface area contributed by atoms with E-state index in [0.29, 0.717) is 5.91 Å². The summed E-state index contributed by atoms with van der Waals surface area (Å²) in [4.78, 5) is 26.4. The van der Waals surface area contributed by atoms with Crippen LogP contribution in [0.1, 0.15) is 47.5 Å². The van der Waals surface area contributed by atoms with Gasteiger partial charge in [-0.1, -0.05) is 36.2 Å². The molecule has 0 spiro atoms. The second-order valence-corrected chi connectivity index (χ2v) is 8.26. The van der Waals surface area contributed by atoms with Gasteiger partial charge in [0.05, 0.1) is 0 Å². The first-order chi connectivity index (χ1) is 13.5. The van der Waals surface area contributed by atoms with E-state index in [1.54, 1.807) is 0 Å². The summed E-state index contributed by atoms with van der Waals surface area (Å²) in [6.45, 7) is 9.42. The van der Waals surface area contributed by atoms with Crippen molar-refractivity contribution < 1.29 is 4.79 Å². The molecule has 0 atom stereocenters. The fraction of sp³-hybridized carbons (Fsp3) is 0.522. The summed E-state index contributed by atoms with van der Waals surface area (Å²) in [6.07, 6.45) is 4.19. The highest BCUT2D eigenvalue weighted by molar-refractivity contribution is 5.80. The summed E-state index contributed by atoms with van der Waals surface area (Å²) in [5.74, 6) is 2.50. The monoisotopic (exact) mass is 378 g/mol. The van der Waals surface area contributed by atoms with Crippen molar-refractivity contribution in [2.75, 3.05) is 31.1 Å². The molecule has 5 heteroatoms. The van der Waals surface area contributed by atoms with E-state index < -0.39 is 0 Å². The molecule has 1 amide bonds. The van der Waals surface area contributed by atoms with Crippen molar-refractivity contribution in [2.24, 2.45) is 5.92 Å². The third-order valence-corrected chi connectivity index (χ3v) is 6.15. The second-order valence-electron chi connectivity index (χ2n) is 8.26. The number of aryl methyl sites for hydroxylation is 3. The fourth-order valence-electron chi connectivity index (χ4n) is 4.15. The Kier molecular flexibility index (Phi) is 5.33. The molecular weight excluding hydrogens is 348 g/mol. The lowest BCUT2D eigenvalue weighted by molar-refractivity contribution is -0.138. The second kappa shape index (κ2) is 7.90. The summed E-state index contributed by atoms with van der Waals surface area (Å²) in [7, 11) is 0. The van der Waals surface area contributed by atoms with Gasteiger partial charge in [-0.25, -0.2) is 9.97 Å². The van der Waals surface area contributed by atoms with Crippen LogP contribution in [-0.2, 0) is 11.2 Å². The minimum Gasteiger partial charge on any atom is -0.353 e. The molecule has 1 saturated carbocycles. The maximum Gasteiger partial charge on any atom is 0.225 e. The predicted octanol–water partition coefficient (Wildman–Crippen LogP) is 3.44. The minimum atomic E-state index is 0.284. The van der Waals surface area contributed by atoms with Gasteiger partial charge in [-0.3, -0.25) is 4.79 Å². The molecule has 0 radical (unpaired) electrons. The van der Waals surface area contributed by atoms with E-state index >= 15 is 0 Å². The van der Waals surface area contributed by atoms with Crippen molar-refractivity contribution in [3.8, 4) is 0 Å². The van der Waals surface area contributed by atoms with E-state index in [9.17, 15) is 4.79 Å². The topological polar surface area (TPSA) is 49.3 Å². The van der Waals surface area contributed by atoms with Crippen LogP contribution in [0.5, 0.6) is 0 Å². The lowest BCUT2D eigenvalue weighted by Crippen LogP contribution is -2.51. The average molecular weight is 379 g/mol. The number of amides is 1. The molecule has 2 aromatic rings. The highest BCUT2D eigenvalue weighted by Gasteiger charge is 2.32. The predicted molar refractivity (Wildman–Crippen MR) is 112 cm³/mol. The van der Waals surface area contributed by atoms with Gasteiger partial charge in [0.2, 0.25) is 5.91 Å². The van der Waals surface area contributed by atoms with Gasteiger partial charge in [0, 0.05) is 49.8 Å². The molecule has 148 valence electrons. The van der Waals surface area contributed by atoms with Crippen LogP contribution in [0.3, 0.4) is 0 Å².